The van der Waals surface area contributed by atoms with Gasteiger partial charge in [0.15, 0.2) is 0 Å². The summed E-state index contributed by atoms with van der Waals surface area (Å²) in [7, 11) is 1.61. The monoisotopic (exact) mass is 427 g/mol. The lowest BCUT2D eigenvalue weighted by Gasteiger charge is -2.18. The molecular formula is C17H15Cl2N3O4S. The Kier molecular flexibility index (Phi) is 7.06. The van der Waals surface area contributed by atoms with Crippen LogP contribution in [0.5, 0.6) is 0 Å². The van der Waals surface area contributed by atoms with Gasteiger partial charge in [0.1, 0.15) is 0 Å². The second-order valence-corrected chi connectivity index (χ2v) is 7.44. The fourth-order valence-corrected chi connectivity index (χ4v) is 3.59. The molecule has 27 heavy (non-hydrogen) atoms. The molecule has 142 valence electrons. The summed E-state index contributed by atoms with van der Waals surface area (Å²) < 4.78 is 0. The third-order valence-corrected chi connectivity index (χ3v) is 5.27. The van der Waals surface area contributed by atoms with Gasteiger partial charge in [-0.25, -0.2) is 0 Å². The summed E-state index contributed by atoms with van der Waals surface area (Å²) in [6.45, 7) is 0.276. The van der Waals surface area contributed by atoms with Crippen molar-refractivity contribution in [1.29, 1.82) is 0 Å². The molecule has 0 aliphatic carbocycles. The number of benzene rings is 2. The number of nitrogens with zero attached hydrogens (tertiary/aromatic N) is 2. The van der Waals surface area contributed by atoms with Gasteiger partial charge in [-0.3, -0.25) is 19.7 Å². The molecular weight excluding hydrogens is 413 g/mol. The van der Waals surface area contributed by atoms with Gasteiger partial charge in [-0.15, -0.1) is 11.8 Å². The van der Waals surface area contributed by atoms with Crippen molar-refractivity contribution in [2.24, 2.45) is 5.73 Å². The van der Waals surface area contributed by atoms with E-state index >= 15 is 0 Å². The van der Waals surface area contributed by atoms with E-state index in [1.165, 1.54) is 17.0 Å². The van der Waals surface area contributed by atoms with E-state index in [2.05, 4.69) is 0 Å². The van der Waals surface area contributed by atoms with Crippen molar-refractivity contribution in [2.75, 3.05) is 12.8 Å². The van der Waals surface area contributed by atoms with E-state index in [0.29, 0.717) is 10.0 Å². The third kappa shape index (κ3) is 5.59. The summed E-state index contributed by atoms with van der Waals surface area (Å²) in [5.41, 5.74) is 5.64. The first-order valence-corrected chi connectivity index (χ1v) is 9.32. The van der Waals surface area contributed by atoms with Crippen LogP contribution in [0.3, 0.4) is 0 Å². The Hall–Kier alpha value is -2.29. The molecule has 0 heterocycles. The number of nitrogens with two attached hydrogens (primary N) is 1. The van der Waals surface area contributed by atoms with Gasteiger partial charge in [-0.2, -0.15) is 0 Å². The normalized spacial score (nSPS) is 10.5. The highest BCUT2D eigenvalue weighted by molar-refractivity contribution is 8.00. The minimum Gasteiger partial charge on any atom is -0.366 e. The van der Waals surface area contributed by atoms with Crippen molar-refractivity contribution in [1.82, 2.24) is 4.90 Å². The Bertz CT molecular complexity index is 908. The molecule has 0 unspecified atom stereocenters. The summed E-state index contributed by atoms with van der Waals surface area (Å²) in [6.07, 6.45) is 0. The lowest BCUT2D eigenvalue weighted by atomic mass is 10.2. The molecule has 0 fully saturated rings. The van der Waals surface area contributed by atoms with Crippen molar-refractivity contribution < 1.29 is 14.5 Å². The zero-order valence-electron chi connectivity index (χ0n) is 14.1. The largest absolute Gasteiger partial charge is 0.366 e. The highest BCUT2D eigenvalue weighted by atomic mass is 35.5. The van der Waals surface area contributed by atoms with Crippen molar-refractivity contribution in [3.8, 4) is 0 Å². The Morgan fingerprint density at radius 3 is 2.52 bits per heavy atom. The SMILES string of the molecule is CN(Cc1ccc(Cl)cc1Cl)C(=O)CSc1ccc(C(N)=O)cc1[N+](=O)[O-]. The molecule has 0 radical (unpaired) electrons. The van der Waals surface area contributed by atoms with Gasteiger partial charge in [0.05, 0.1) is 15.6 Å². The maximum atomic E-state index is 12.3. The molecule has 0 saturated carbocycles. The molecule has 0 aliphatic rings. The number of hydrogen-bond acceptors (Lipinski definition) is 5. The van der Waals surface area contributed by atoms with Crippen LogP contribution in [0.1, 0.15) is 15.9 Å². The first kappa shape index (κ1) is 21.0. The molecule has 2 aromatic carbocycles. The van der Waals surface area contributed by atoms with Crippen LogP contribution in [-0.2, 0) is 11.3 Å². The molecule has 0 aliphatic heterocycles. The quantitative estimate of drug-likeness (QED) is 0.411. The van der Waals surface area contributed by atoms with Crippen LogP contribution in [0.15, 0.2) is 41.3 Å². The lowest BCUT2D eigenvalue weighted by Crippen LogP contribution is -2.27. The third-order valence-electron chi connectivity index (χ3n) is 3.64. The molecule has 7 nitrogen and oxygen atoms in total. The number of carbonyl (C=O) groups is 2. The highest BCUT2D eigenvalue weighted by Crippen LogP contribution is 2.30. The van der Waals surface area contributed by atoms with Crippen molar-refractivity contribution in [3.63, 3.8) is 0 Å². The minimum absolute atomic E-state index is 0.0154. The van der Waals surface area contributed by atoms with Crippen LogP contribution in [0, 0.1) is 10.1 Å². The van der Waals surface area contributed by atoms with Gasteiger partial charge in [0.25, 0.3) is 5.69 Å². The van der Waals surface area contributed by atoms with Gasteiger partial charge >= 0.3 is 0 Å². The second-order valence-electron chi connectivity index (χ2n) is 5.58. The molecule has 0 spiro atoms. The zero-order valence-corrected chi connectivity index (χ0v) is 16.5. The summed E-state index contributed by atoms with van der Waals surface area (Å²) in [4.78, 5) is 35.8. The summed E-state index contributed by atoms with van der Waals surface area (Å²) >= 11 is 13.0. The van der Waals surface area contributed by atoms with E-state index in [-0.39, 0.29) is 34.4 Å². The Morgan fingerprint density at radius 1 is 1.22 bits per heavy atom. The molecule has 10 heteroatoms. The van der Waals surface area contributed by atoms with Crippen LogP contribution in [0.25, 0.3) is 0 Å². The Balaban J connectivity index is 2.06. The van der Waals surface area contributed by atoms with Gasteiger partial charge in [0, 0.05) is 35.3 Å². The molecule has 0 saturated heterocycles. The van der Waals surface area contributed by atoms with Crippen LogP contribution in [0.2, 0.25) is 10.0 Å². The van der Waals surface area contributed by atoms with Gasteiger partial charge in [-0.05, 0) is 29.8 Å². The molecule has 2 N–H and O–H groups in total. The predicted molar refractivity (Wildman–Crippen MR) is 105 cm³/mol. The van der Waals surface area contributed by atoms with Crippen LogP contribution in [-0.4, -0.2) is 34.4 Å². The number of primary amides is 1. The van der Waals surface area contributed by atoms with Gasteiger partial charge in [0.2, 0.25) is 11.8 Å². The predicted octanol–water partition coefficient (Wildman–Crippen LogP) is 3.75. The van der Waals surface area contributed by atoms with Gasteiger partial charge in [-0.1, -0.05) is 29.3 Å². The molecule has 2 aromatic rings. The Labute approximate surface area is 169 Å². The number of carbonyl (C=O) groups excluding carboxylic acids is 2. The van der Waals surface area contributed by atoms with Crippen LogP contribution in [0.4, 0.5) is 5.69 Å². The number of amides is 2. The van der Waals surface area contributed by atoms with Crippen LogP contribution < -0.4 is 5.73 Å². The number of hydrogen-bond donors (Lipinski definition) is 1. The van der Waals surface area contributed by atoms with E-state index in [4.69, 9.17) is 28.9 Å². The van der Waals surface area contributed by atoms with E-state index in [1.807, 2.05) is 0 Å². The molecule has 2 rings (SSSR count). The second kappa shape index (κ2) is 9.07. The number of halogens is 2. The van der Waals surface area contributed by atoms with Crippen molar-refractivity contribution in [3.05, 3.63) is 67.7 Å². The first-order chi connectivity index (χ1) is 12.7. The van der Waals surface area contributed by atoms with E-state index in [9.17, 15) is 19.7 Å². The average Bonchev–Trinajstić information content (AvgIpc) is 2.61. The molecule has 2 amide bonds. The number of rotatable bonds is 7. The van der Waals surface area contributed by atoms with E-state index in [1.54, 1.807) is 25.2 Å². The topological polar surface area (TPSA) is 107 Å². The van der Waals surface area contributed by atoms with Crippen molar-refractivity contribution >= 4 is 52.5 Å². The maximum Gasteiger partial charge on any atom is 0.283 e. The fourth-order valence-electron chi connectivity index (χ4n) is 2.18. The smallest absolute Gasteiger partial charge is 0.283 e. The van der Waals surface area contributed by atoms with E-state index < -0.39 is 10.8 Å². The minimum atomic E-state index is -0.759. The summed E-state index contributed by atoms with van der Waals surface area (Å²) in [5.74, 6) is -1.01. The van der Waals surface area contributed by atoms with Crippen LogP contribution >= 0.6 is 35.0 Å². The molecule has 0 aromatic heterocycles. The molecule has 0 bridgehead atoms. The summed E-state index contributed by atoms with van der Waals surface area (Å²) in [6, 6.07) is 8.90. The molecule has 0 atom stereocenters. The Morgan fingerprint density at radius 2 is 1.93 bits per heavy atom. The number of nitro benzene ring substituents is 1. The fraction of sp³-hybridized carbons (Fsp3) is 0.176. The lowest BCUT2D eigenvalue weighted by molar-refractivity contribution is -0.387. The standard InChI is InChI=1S/C17H15Cl2N3O4S/c1-21(8-11-2-4-12(18)7-13(11)19)16(23)9-27-15-5-3-10(17(20)24)6-14(15)22(25)26/h2-7H,8-9H2,1H3,(H2,20,24). The van der Waals surface area contributed by atoms with Gasteiger partial charge < -0.3 is 10.6 Å². The summed E-state index contributed by atoms with van der Waals surface area (Å²) in [5, 5.41) is 12.2. The van der Waals surface area contributed by atoms with Crippen molar-refractivity contribution in [2.45, 2.75) is 11.4 Å². The zero-order chi connectivity index (χ0) is 20.1. The highest BCUT2D eigenvalue weighted by Gasteiger charge is 2.19. The van der Waals surface area contributed by atoms with E-state index in [0.717, 1.165) is 23.4 Å². The first-order valence-electron chi connectivity index (χ1n) is 7.58. The maximum absolute atomic E-state index is 12.3. The average molecular weight is 428 g/mol. The number of nitro groups is 1. The number of thioether (sulfide) groups is 1.